The van der Waals surface area contributed by atoms with Crippen molar-refractivity contribution in [2.24, 2.45) is 0 Å². The van der Waals surface area contributed by atoms with Gasteiger partial charge < -0.3 is 9.64 Å². The SMILES string of the molecule is COc1ccc(C(C)=O)cc1CC(=O)N(C)[C@@H](C)c1ccccc1. The minimum atomic E-state index is -0.0302. The number of likely N-dealkylation sites (N-methyl/N-ethyl adjacent to an activating group) is 1. The monoisotopic (exact) mass is 325 g/mol. The third-order valence-electron chi connectivity index (χ3n) is 4.28. The molecule has 0 heterocycles. The van der Waals surface area contributed by atoms with Crippen molar-refractivity contribution < 1.29 is 14.3 Å². The van der Waals surface area contributed by atoms with Crippen molar-refractivity contribution in [2.75, 3.05) is 14.2 Å². The van der Waals surface area contributed by atoms with Gasteiger partial charge in [0.15, 0.2) is 5.78 Å². The Bertz CT molecular complexity index is 725. The van der Waals surface area contributed by atoms with Crippen molar-refractivity contribution >= 4 is 11.7 Å². The van der Waals surface area contributed by atoms with Crippen LogP contribution in [0, 0.1) is 0 Å². The molecule has 0 spiro atoms. The lowest BCUT2D eigenvalue weighted by atomic mass is 10.0. The summed E-state index contributed by atoms with van der Waals surface area (Å²) in [6, 6.07) is 15.0. The molecule has 0 aromatic heterocycles. The van der Waals surface area contributed by atoms with Crippen molar-refractivity contribution in [3.05, 3.63) is 65.2 Å². The van der Waals surface area contributed by atoms with E-state index in [9.17, 15) is 9.59 Å². The minimum absolute atomic E-state index is 0.0228. The van der Waals surface area contributed by atoms with Gasteiger partial charge in [-0.05, 0) is 37.6 Å². The van der Waals surface area contributed by atoms with Gasteiger partial charge in [-0.25, -0.2) is 0 Å². The summed E-state index contributed by atoms with van der Waals surface area (Å²) in [4.78, 5) is 26.0. The molecule has 4 nitrogen and oxygen atoms in total. The Balaban J connectivity index is 2.19. The van der Waals surface area contributed by atoms with E-state index in [0.717, 1.165) is 11.1 Å². The van der Waals surface area contributed by atoms with E-state index >= 15 is 0 Å². The van der Waals surface area contributed by atoms with Crippen LogP contribution in [-0.2, 0) is 11.2 Å². The first-order valence-electron chi connectivity index (χ1n) is 7.92. The standard InChI is InChI=1S/C20H23NO3/c1-14(16-8-6-5-7-9-16)21(3)20(23)13-18-12-17(15(2)22)10-11-19(18)24-4/h5-12,14H,13H2,1-4H3/t14-/m0/s1. The predicted molar refractivity (Wildman–Crippen MR) is 94.3 cm³/mol. The van der Waals surface area contributed by atoms with Crippen molar-refractivity contribution in [2.45, 2.75) is 26.3 Å². The first-order chi connectivity index (χ1) is 11.4. The van der Waals surface area contributed by atoms with Crippen LogP contribution in [0.25, 0.3) is 0 Å². The Labute approximate surface area is 143 Å². The zero-order valence-corrected chi connectivity index (χ0v) is 14.6. The van der Waals surface area contributed by atoms with E-state index in [4.69, 9.17) is 4.74 Å². The predicted octanol–water partition coefficient (Wildman–Crippen LogP) is 3.66. The van der Waals surface area contributed by atoms with Crippen LogP contribution in [0.15, 0.2) is 48.5 Å². The number of ether oxygens (including phenoxy) is 1. The zero-order chi connectivity index (χ0) is 17.7. The molecular formula is C20H23NO3. The Kier molecular flexibility index (Phi) is 5.74. The minimum Gasteiger partial charge on any atom is -0.496 e. The van der Waals surface area contributed by atoms with E-state index in [-0.39, 0.29) is 24.2 Å². The van der Waals surface area contributed by atoms with Gasteiger partial charge in [-0.1, -0.05) is 30.3 Å². The fourth-order valence-corrected chi connectivity index (χ4v) is 2.59. The van der Waals surface area contributed by atoms with Crippen LogP contribution in [0.2, 0.25) is 0 Å². The highest BCUT2D eigenvalue weighted by atomic mass is 16.5. The van der Waals surface area contributed by atoms with Gasteiger partial charge in [0.2, 0.25) is 5.91 Å². The van der Waals surface area contributed by atoms with E-state index in [0.29, 0.717) is 11.3 Å². The zero-order valence-electron chi connectivity index (χ0n) is 14.6. The molecule has 1 amide bonds. The number of rotatable bonds is 6. The second-order valence-electron chi connectivity index (χ2n) is 5.85. The van der Waals surface area contributed by atoms with Crippen molar-refractivity contribution in [3.8, 4) is 5.75 Å². The third kappa shape index (κ3) is 4.02. The summed E-state index contributed by atoms with van der Waals surface area (Å²) in [6.07, 6.45) is 0.192. The fourth-order valence-electron chi connectivity index (χ4n) is 2.59. The van der Waals surface area contributed by atoms with Gasteiger partial charge in [0.25, 0.3) is 0 Å². The molecule has 4 heteroatoms. The molecule has 2 aromatic rings. The number of ketones is 1. The van der Waals surface area contributed by atoms with Crippen molar-refractivity contribution in [1.29, 1.82) is 0 Å². The summed E-state index contributed by atoms with van der Waals surface area (Å²) in [5.74, 6) is 0.567. The van der Waals surface area contributed by atoms with E-state index in [1.807, 2.05) is 37.3 Å². The van der Waals surface area contributed by atoms with Gasteiger partial charge in [-0.3, -0.25) is 9.59 Å². The molecule has 0 aliphatic rings. The number of carbonyl (C=O) groups excluding carboxylic acids is 2. The van der Waals surface area contributed by atoms with Gasteiger partial charge in [-0.15, -0.1) is 0 Å². The molecule has 2 aromatic carbocycles. The molecule has 0 bridgehead atoms. The second-order valence-corrected chi connectivity index (χ2v) is 5.85. The number of methoxy groups -OCH3 is 1. The first-order valence-corrected chi connectivity index (χ1v) is 7.92. The van der Waals surface area contributed by atoms with Gasteiger partial charge in [-0.2, -0.15) is 0 Å². The van der Waals surface area contributed by atoms with Crippen LogP contribution in [0.3, 0.4) is 0 Å². The molecule has 24 heavy (non-hydrogen) atoms. The van der Waals surface area contributed by atoms with Crippen LogP contribution in [0.4, 0.5) is 0 Å². The van der Waals surface area contributed by atoms with E-state index in [2.05, 4.69) is 0 Å². The smallest absolute Gasteiger partial charge is 0.227 e. The fraction of sp³-hybridized carbons (Fsp3) is 0.300. The van der Waals surface area contributed by atoms with Crippen LogP contribution < -0.4 is 4.74 Å². The summed E-state index contributed by atoms with van der Waals surface area (Å²) < 4.78 is 5.32. The van der Waals surface area contributed by atoms with Crippen LogP contribution >= 0.6 is 0 Å². The number of hydrogen-bond donors (Lipinski definition) is 0. The normalized spacial score (nSPS) is 11.7. The summed E-state index contributed by atoms with van der Waals surface area (Å²) in [7, 11) is 3.36. The molecule has 0 radical (unpaired) electrons. The molecule has 0 unspecified atom stereocenters. The largest absolute Gasteiger partial charge is 0.496 e. The lowest BCUT2D eigenvalue weighted by molar-refractivity contribution is -0.131. The molecule has 0 fully saturated rings. The average Bonchev–Trinajstić information content (AvgIpc) is 2.60. The molecule has 1 atom stereocenters. The maximum Gasteiger partial charge on any atom is 0.227 e. The maximum absolute atomic E-state index is 12.7. The molecule has 0 aliphatic heterocycles. The Morgan fingerprint density at radius 1 is 1.12 bits per heavy atom. The highest BCUT2D eigenvalue weighted by molar-refractivity contribution is 5.94. The molecule has 0 saturated heterocycles. The highest BCUT2D eigenvalue weighted by Crippen LogP contribution is 2.24. The summed E-state index contributed by atoms with van der Waals surface area (Å²) in [5.41, 5.74) is 2.39. The maximum atomic E-state index is 12.7. The van der Waals surface area contributed by atoms with Gasteiger partial charge in [0.05, 0.1) is 19.6 Å². The molecule has 0 aliphatic carbocycles. The lowest BCUT2D eigenvalue weighted by Gasteiger charge is -2.26. The summed E-state index contributed by atoms with van der Waals surface area (Å²) in [6.45, 7) is 3.51. The number of nitrogens with zero attached hydrogens (tertiary/aromatic N) is 1. The van der Waals surface area contributed by atoms with Crippen LogP contribution in [0.5, 0.6) is 5.75 Å². The highest BCUT2D eigenvalue weighted by Gasteiger charge is 2.19. The van der Waals surface area contributed by atoms with Gasteiger partial charge in [0.1, 0.15) is 5.75 Å². The number of benzene rings is 2. The Morgan fingerprint density at radius 3 is 2.38 bits per heavy atom. The number of Topliss-reactive ketones (excluding diaryl/α,β-unsaturated/α-hetero) is 1. The number of amides is 1. The summed E-state index contributed by atoms with van der Waals surface area (Å²) >= 11 is 0. The molecule has 0 N–H and O–H groups in total. The third-order valence-corrected chi connectivity index (χ3v) is 4.28. The quantitative estimate of drug-likeness (QED) is 0.762. The molecular weight excluding hydrogens is 302 g/mol. The number of carbonyl (C=O) groups is 2. The Morgan fingerprint density at radius 2 is 1.79 bits per heavy atom. The molecule has 2 rings (SSSR count). The van der Waals surface area contributed by atoms with Gasteiger partial charge >= 0.3 is 0 Å². The molecule has 0 saturated carbocycles. The first kappa shape index (κ1) is 17.7. The van der Waals surface area contributed by atoms with Gasteiger partial charge in [0, 0.05) is 18.2 Å². The van der Waals surface area contributed by atoms with E-state index in [1.54, 1.807) is 37.3 Å². The van der Waals surface area contributed by atoms with Crippen molar-refractivity contribution in [3.63, 3.8) is 0 Å². The lowest BCUT2D eigenvalue weighted by Crippen LogP contribution is -2.31. The molecule has 126 valence electrons. The Hall–Kier alpha value is -2.62. The van der Waals surface area contributed by atoms with Crippen molar-refractivity contribution in [1.82, 2.24) is 4.90 Å². The van der Waals surface area contributed by atoms with Crippen LogP contribution in [0.1, 0.15) is 41.4 Å². The average molecular weight is 325 g/mol. The van der Waals surface area contributed by atoms with Crippen LogP contribution in [-0.4, -0.2) is 30.7 Å². The number of hydrogen-bond acceptors (Lipinski definition) is 3. The topological polar surface area (TPSA) is 46.6 Å². The summed E-state index contributed by atoms with van der Waals surface area (Å²) in [5, 5.41) is 0. The van der Waals surface area contributed by atoms with E-state index < -0.39 is 0 Å². The van der Waals surface area contributed by atoms with E-state index in [1.165, 1.54) is 6.92 Å². The second kappa shape index (κ2) is 7.77.